The van der Waals surface area contributed by atoms with Crippen LogP contribution in [0.1, 0.15) is 25.1 Å². The first kappa shape index (κ1) is 11.5. The molecule has 4 nitrogen and oxygen atoms in total. The fraction of sp³-hybridized carbons (Fsp3) is 0.500. The lowest BCUT2D eigenvalue weighted by molar-refractivity contribution is -0.141. The number of aromatic nitrogens is 2. The fourth-order valence-electron chi connectivity index (χ4n) is 1.21. The van der Waals surface area contributed by atoms with Crippen LogP contribution < -0.4 is 5.73 Å². The van der Waals surface area contributed by atoms with E-state index in [9.17, 15) is 13.2 Å². The van der Waals surface area contributed by atoms with E-state index in [-0.39, 0.29) is 5.84 Å². The van der Waals surface area contributed by atoms with E-state index in [1.165, 1.54) is 6.20 Å². The van der Waals surface area contributed by atoms with Gasteiger partial charge in [-0.2, -0.15) is 18.3 Å². The summed E-state index contributed by atoms with van der Waals surface area (Å²) in [6.45, 7) is 1.72. The van der Waals surface area contributed by atoms with Crippen LogP contribution in [0.15, 0.2) is 12.3 Å². The summed E-state index contributed by atoms with van der Waals surface area (Å²) >= 11 is 0. The summed E-state index contributed by atoms with van der Waals surface area (Å²) in [7, 11) is 0. The number of nitrogens with two attached hydrogens (primary N) is 1. The Morgan fingerprint density at radius 2 is 2.27 bits per heavy atom. The van der Waals surface area contributed by atoms with E-state index >= 15 is 0 Å². The average Bonchev–Trinajstić information content (AvgIpc) is 2.52. The average molecular weight is 220 g/mol. The van der Waals surface area contributed by atoms with Crippen LogP contribution in [0.5, 0.6) is 0 Å². The zero-order valence-electron chi connectivity index (χ0n) is 8.04. The van der Waals surface area contributed by atoms with E-state index in [2.05, 4.69) is 5.10 Å². The van der Waals surface area contributed by atoms with Gasteiger partial charge in [-0.1, -0.05) is 6.92 Å². The minimum atomic E-state index is -4.46. The van der Waals surface area contributed by atoms with Crippen molar-refractivity contribution in [1.29, 1.82) is 5.41 Å². The molecule has 0 aliphatic rings. The molecule has 0 bridgehead atoms. The molecule has 1 atom stereocenters. The second-order valence-corrected chi connectivity index (χ2v) is 3.06. The Morgan fingerprint density at radius 3 is 2.60 bits per heavy atom. The molecule has 84 valence electrons. The first-order valence-electron chi connectivity index (χ1n) is 4.32. The summed E-state index contributed by atoms with van der Waals surface area (Å²) in [4.78, 5) is 0. The van der Waals surface area contributed by atoms with E-state index in [1.54, 1.807) is 6.92 Å². The van der Waals surface area contributed by atoms with Crippen LogP contribution in [-0.4, -0.2) is 15.6 Å². The van der Waals surface area contributed by atoms with Gasteiger partial charge in [0.05, 0.1) is 0 Å². The zero-order chi connectivity index (χ0) is 11.6. The summed E-state index contributed by atoms with van der Waals surface area (Å²) in [5.41, 5.74) is 4.27. The molecule has 3 N–H and O–H groups in total. The zero-order valence-corrected chi connectivity index (χ0v) is 8.04. The molecule has 1 heterocycles. The molecule has 1 rings (SSSR count). The molecule has 15 heavy (non-hydrogen) atoms. The molecule has 0 saturated carbocycles. The second kappa shape index (κ2) is 3.92. The molecule has 0 aliphatic carbocycles. The van der Waals surface area contributed by atoms with Gasteiger partial charge in [-0.3, -0.25) is 10.1 Å². The number of alkyl halides is 3. The Bertz CT molecular complexity index is 355. The normalized spacial score (nSPS) is 13.9. The topological polar surface area (TPSA) is 67.7 Å². The number of nitrogens with one attached hydrogen (secondary N) is 1. The van der Waals surface area contributed by atoms with Crippen molar-refractivity contribution in [3.05, 3.63) is 18.0 Å². The fourth-order valence-corrected chi connectivity index (χ4v) is 1.21. The molecule has 1 aromatic rings. The standard InChI is InChI=1S/C8H11F3N4/c1-2-5(7(12)13)15-4-3-6(14-15)8(9,10)11/h3-5H,2H2,1H3,(H3,12,13). The van der Waals surface area contributed by atoms with E-state index < -0.39 is 17.9 Å². The lowest BCUT2D eigenvalue weighted by atomic mass is 10.2. The number of nitrogens with zero attached hydrogens (tertiary/aromatic N) is 2. The summed E-state index contributed by atoms with van der Waals surface area (Å²) in [6.07, 6.45) is -2.85. The predicted octanol–water partition coefficient (Wildman–Crippen LogP) is 1.79. The second-order valence-electron chi connectivity index (χ2n) is 3.06. The van der Waals surface area contributed by atoms with Crippen molar-refractivity contribution in [2.75, 3.05) is 0 Å². The highest BCUT2D eigenvalue weighted by molar-refractivity contribution is 5.81. The molecule has 0 saturated heterocycles. The van der Waals surface area contributed by atoms with Crippen molar-refractivity contribution < 1.29 is 13.2 Å². The number of hydrogen-bond donors (Lipinski definition) is 2. The first-order valence-corrected chi connectivity index (χ1v) is 4.32. The largest absolute Gasteiger partial charge is 0.435 e. The molecule has 1 unspecified atom stereocenters. The van der Waals surface area contributed by atoms with E-state index in [1.807, 2.05) is 0 Å². The Morgan fingerprint density at radius 1 is 1.67 bits per heavy atom. The van der Waals surface area contributed by atoms with Gasteiger partial charge in [0.25, 0.3) is 0 Å². The molecule has 1 aromatic heterocycles. The van der Waals surface area contributed by atoms with Gasteiger partial charge >= 0.3 is 6.18 Å². The first-order chi connectivity index (χ1) is 6.86. The third-order valence-electron chi connectivity index (χ3n) is 1.96. The third-order valence-corrected chi connectivity index (χ3v) is 1.96. The summed E-state index contributed by atoms with van der Waals surface area (Å²) in [5.74, 6) is -0.200. The molecule has 0 aromatic carbocycles. The minimum Gasteiger partial charge on any atom is -0.386 e. The van der Waals surface area contributed by atoms with Crippen LogP contribution in [0.3, 0.4) is 0 Å². The van der Waals surface area contributed by atoms with Crippen molar-refractivity contribution >= 4 is 5.84 Å². The van der Waals surface area contributed by atoms with Gasteiger partial charge in [-0.15, -0.1) is 0 Å². The third kappa shape index (κ3) is 2.48. The van der Waals surface area contributed by atoms with E-state index in [0.717, 1.165) is 10.7 Å². The highest BCUT2D eigenvalue weighted by Crippen LogP contribution is 2.28. The number of hydrogen-bond acceptors (Lipinski definition) is 2. The van der Waals surface area contributed by atoms with Crippen molar-refractivity contribution in [1.82, 2.24) is 9.78 Å². The minimum absolute atomic E-state index is 0.200. The smallest absolute Gasteiger partial charge is 0.386 e. The van der Waals surface area contributed by atoms with Crippen LogP contribution >= 0.6 is 0 Å². The molecule has 0 spiro atoms. The Kier molecular flexibility index (Phi) is 3.01. The Hall–Kier alpha value is -1.53. The lowest BCUT2D eigenvalue weighted by Gasteiger charge is -2.13. The number of halogens is 3. The van der Waals surface area contributed by atoms with Crippen LogP contribution in [0.2, 0.25) is 0 Å². The van der Waals surface area contributed by atoms with Gasteiger partial charge in [0.2, 0.25) is 0 Å². The van der Waals surface area contributed by atoms with Crippen LogP contribution in [-0.2, 0) is 6.18 Å². The van der Waals surface area contributed by atoms with Crippen molar-refractivity contribution in [2.45, 2.75) is 25.6 Å². The van der Waals surface area contributed by atoms with Crippen LogP contribution in [0.4, 0.5) is 13.2 Å². The molecular weight excluding hydrogens is 209 g/mol. The molecule has 0 aliphatic heterocycles. The molecule has 0 amide bonds. The van der Waals surface area contributed by atoms with Gasteiger partial charge < -0.3 is 5.73 Å². The van der Waals surface area contributed by atoms with E-state index in [0.29, 0.717) is 6.42 Å². The van der Waals surface area contributed by atoms with Crippen molar-refractivity contribution in [3.63, 3.8) is 0 Å². The SMILES string of the molecule is CCC(C(=N)N)n1ccc(C(F)(F)F)n1. The summed E-state index contributed by atoms with van der Waals surface area (Å²) < 4.78 is 37.7. The highest BCUT2D eigenvalue weighted by atomic mass is 19.4. The van der Waals surface area contributed by atoms with Crippen molar-refractivity contribution in [2.24, 2.45) is 5.73 Å². The molecule has 7 heteroatoms. The molecule has 0 fully saturated rings. The van der Waals surface area contributed by atoms with Crippen molar-refractivity contribution in [3.8, 4) is 0 Å². The number of rotatable bonds is 3. The quantitative estimate of drug-likeness (QED) is 0.602. The van der Waals surface area contributed by atoms with Gasteiger partial charge in [-0.25, -0.2) is 0 Å². The molecule has 0 radical (unpaired) electrons. The molecular formula is C8H11F3N4. The monoisotopic (exact) mass is 220 g/mol. The Balaban J connectivity index is 2.97. The van der Waals surface area contributed by atoms with Crippen LogP contribution in [0, 0.1) is 5.41 Å². The summed E-state index contributed by atoms with van der Waals surface area (Å²) in [6, 6.07) is 0.257. The maximum Gasteiger partial charge on any atom is 0.435 e. The van der Waals surface area contributed by atoms with Gasteiger partial charge in [0, 0.05) is 6.20 Å². The van der Waals surface area contributed by atoms with Crippen LogP contribution in [0.25, 0.3) is 0 Å². The summed E-state index contributed by atoms with van der Waals surface area (Å²) in [5, 5.41) is 10.5. The highest BCUT2D eigenvalue weighted by Gasteiger charge is 2.34. The van der Waals surface area contributed by atoms with Gasteiger partial charge in [-0.05, 0) is 12.5 Å². The lowest BCUT2D eigenvalue weighted by Crippen LogP contribution is -2.26. The number of amidine groups is 1. The van der Waals surface area contributed by atoms with Gasteiger partial charge in [0.1, 0.15) is 11.9 Å². The predicted molar refractivity (Wildman–Crippen MR) is 48.5 cm³/mol. The Labute approximate surface area is 84.4 Å². The van der Waals surface area contributed by atoms with Gasteiger partial charge in [0.15, 0.2) is 5.69 Å². The maximum absolute atomic E-state index is 12.2. The maximum atomic E-state index is 12.2. The van der Waals surface area contributed by atoms with E-state index in [4.69, 9.17) is 11.1 Å².